The Morgan fingerprint density at radius 1 is 1.23 bits per heavy atom. The van der Waals surface area contributed by atoms with Gasteiger partial charge in [-0.15, -0.1) is 0 Å². The van der Waals surface area contributed by atoms with Crippen LogP contribution in [0, 0.1) is 6.07 Å². The summed E-state index contributed by atoms with van der Waals surface area (Å²) >= 11 is 0. The highest BCUT2D eigenvalue weighted by Gasteiger charge is 2.16. The van der Waals surface area contributed by atoms with Gasteiger partial charge in [0.1, 0.15) is 5.56 Å². The SMILES string of the molecule is CCc1[c]ccc(Cc2ccccc2NC(=O)c2cnc(-n3cccn3)nc2O)c1. The van der Waals surface area contributed by atoms with E-state index in [1.807, 2.05) is 36.4 Å². The van der Waals surface area contributed by atoms with E-state index in [0.717, 1.165) is 23.1 Å². The van der Waals surface area contributed by atoms with E-state index in [-0.39, 0.29) is 11.5 Å². The van der Waals surface area contributed by atoms with Crippen LogP contribution >= 0.6 is 0 Å². The van der Waals surface area contributed by atoms with E-state index >= 15 is 0 Å². The number of anilines is 1. The highest BCUT2D eigenvalue weighted by Crippen LogP contribution is 2.22. The minimum absolute atomic E-state index is 0.0108. The molecule has 0 unspecified atom stereocenters. The molecule has 1 radical (unpaired) electrons. The van der Waals surface area contributed by atoms with Crippen molar-refractivity contribution >= 4 is 11.6 Å². The number of carbonyl (C=O) groups excluding carboxylic acids is 1. The van der Waals surface area contributed by atoms with Gasteiger partial charge >= 0.3 is 0 Å². The lowest BCUT2D eigenvalue weighted by molar-refractivity contribution is 0.102. The van der Waals surface area contributed by atoms with Gasteiger partial charge in [0.25, 0.3) is 11.9 Å². The zero-order valence-corrected chi connectivity index (χ0v) is 16.4. The summed E-state index contributed by atoms with van der Waals surface area (Å²) in [5, 5.41) is 17.1. The molecule has 2 aromatic carbocycles. The quantitative estimate of drug-likeness (QED) is 0.518. The number of aromatic nitrogens is 4. The lowest BCUT2D eigenvalue weighted by Gasteiger charge is -2.12. The molecule has 2 aromatic heterocycles. The number of nitrogens with zero attached hydrogens (tertiary/aromatic N) is 4. The Morgan fingerprint density at radius 3 is 2.87 bits per heavy atom. The molecule has 0 atom stereocenters. The van der Waals surface area contributed by atoms with Gasteiger partial charge in [-0.3, -0.25) is 4.79 Å². The van der Waals surface area contributed by atoms with Crippen LogP contribution in [0.25, 0.3) is 5.95 Å². The molecule has 2 heterocycles. The van der Waals surface area contributed by atoms with Crippen molar-refractivity contribution in [2.75, 3.05) is 5.32 Å². The monoisotopic (exact) mass is 398 g/mol. The molecule has 0 spiro atoms. The number of hydrogen-bond donors (Lipinski definition) is 2. The summed E-state index contributed by atoms with van der Waals surface area (Å²) < 4.78 is 1.40. The molecule has 0 aliphatic heterocycles. The Kier molecular flexibility index (Phi) is 5.52. The number of para-hydroxylation sites is 1. The predicted octanol–water partition coefficient (Wildman–Crippen LogP) is 3.57. The number of rotatable bonds is 6. The summed E-state index contributed by atoms with van der Waals surface area (Å²) in [6.45, 7) is 2.09. The fourth-order valence-electron chi connectivity index (χ4n) is 3.11. The zero-order valence-electron chi connectivity index (χ0n) is 16.4. The van der Waals surface area contributed by atoms with E-state index in [2.05, 4.69) is 39.4 Å². The van der Waals surface area contributed by atoms with Crippen molar-refractivity contribution in [3.05, 3.63) is 95.4 Å². The van der Waals surface area contributed by atoms with Gasteiger partial charge in [0.2, 0.25) is 5.88 Å². The first-order valence-corrected chi connectivity index (χ1v) is 9.59. The third-order valence-corrected chi connectivity index (χ3v) is 4.68. The van der Waals surface area contributed by atoms with Crippen LogP contribution in [0.3, 0.4) is 0 Å². The van der Waals surface area contributed by atoms with Crippen molar-refractivity contribution < 1.29 is 9.90 Å². The van der Waals surface area contributed by atoms with Gasteiger partial charge in [-0.2, -0.15) is 10.1 Å². The van der Waals surface area contributed by atoms with E-state index in [1.165, 1.54) is 10.9 Å². The molecule has 0 saturated carbocycles. The summed E-state index contributed by atoms with van der Waals surface area (Å²) in [5.74, 6) is -0.707. The van der Waals surface area contributed by atoms with Crippen LogP contribution in [-0.2, 0) is 12.8 Å². The second kappa shape index (κ2) is 8.57. The predicted molar refractivity (Wildman–Crippen MR) is 113 cm³/mol. The first-order valence-electron chi connectivity index (χ1n) is 9.59. The molecular weight excluding hydrogens is 378 g/mol. The van der Waals surface area contributed by atoms with Gasteiger partial charge in [-0.25, -0.2) is 9.67 Å². The highest BCUT2D eigenvalue weighted by molar-refractivity contribution is 6.06. The molecule has 0 aliphatic rings. The third-order valence-electron chi connectivity index (χ3n) is 4.68. The highest BCUT2D eigenvalue weighted by atomic mass is 16.3. The number of amides is 1. The lowest BCUT2D eigenvalue weighted by atomic mass is 10.0. The topological polar surface area (TPSA) is 92.9 Å². The van der Waals surface area contributed by atoms with E-state index in [0.29, 0.717) is 12.1 Å². The van der Waals surface area contributed by atoms with Crippen LogP contribution in [0.4, 0.5) is 5.69 Å². The Balaban J connectivity index is 1.55. The van der Waals surface area contributed by atoms with E-state index in [4.69, 9.17) is 0 Å². The number of benzene rings is 2. The van der Waals surface area contributed by atoms with Gasteiger partial charge in [-0.1, -0.05) is 43.3 Å². The van der Waals surface area contributed by atoms with Crippen LogP contribution in [0.15, 0.2) is 67.1 Å². The van der Waals surface area contributed by atoms with E-state index in [9.17, 15) is 9.90 Å². The standard InChI is InChI=1S/C23H20N5O2/c1-2-16-7-5-8-17(13-16)14-18-9-3-4-10-20(18)26-21(29)19-15-24-23(27-22(19)30)28-12-6-11-25-28/h3-6,8-13,15H,2,14H2,1H3,(H,26,29)(H,24,27,30). The number of carbonyl (C=O) groups is 1. The van der Waals surface area contributed by atoms with Crippen LogP contribution in [-0.4, -0.2) is 30.8 Å². The van der Waals surface area contributed by atoms with Gasteiger partial charge in [-0.05, 0) is 47.7 Å². The molecule has 7 nitrogen and oxygen atoms in total. The second-order valence-corrected chi connectivity index (χ2v) is 6.72. The third kappa shape index (κ3) is 4.20. The van der Waals surface area contributed by atoms with Crippen LogP contribution < -0.4 is 5.32 Å². The average Bonchev–Trinajstić information content (AvgIpc) is 3.30. The summed E-state index contributed by atoms with van der Waals surface area (Å²) in [6, 6.07) is 18.6. The fraction of sp³-hybridized carbons (Fsp3) is 0.130. The Hall–Kier alpha value is -4.00. The summed E-state index contributed by atoms with van der Waals surface area (Å²) in [7, 11) is 0. The van der Waals surface area contributed by atoms with Crippen molar-refractivity contribution in [3.63, 3.8) is 0 Å². The number of hydrogen-bond acceptors (Lipinski definition) is 5. The fourth-order valence-corrected chi connectivity index (χ4v) is 3.11. The molecule has 0 aliphatic carbocycles. The van der Waals surface area contributed by atoms with Crippen LogP contribution in [0.1, 0.15) is 34.0 Å². The molecule has 0 bridgehead atoms. The Bertz CT molecular complexity index is 1170. The van der Waals surface area contributed by atoms with Gasteiger partial charge in [0.05, 0.1) is 0 Å². The minimum Gasteiger partial charge on any atom is -0.493 e. The van der Waals surface area contributed by atoms with E-state index in [1.54, 1.807) is 18.5 Å². The molecule has 149 valence electrons. The zero-order chi connectivity index (χ0) is 20.9. The summed E-state index contributed by atoms with van der Waals surface area (Å²) in [4.78, 5) is 20.8. The second-order valence-electron chi connectivity index (χ2n) is 6.72. The van der Waals surface area contributed by atoms with Crippen molar-refractivity contribution in [3.8, 4) is 11.8 Å². The van der Waals surface area contributed by atoms with Crippen molar-refractivity contribution in [2.24, 2.45) is 0 Å². The first-order chi connectivity index (χ1) is 14.6. The molecule has 4 aromatic rings. The molecule has 30 heavy (non-hydrogen) atoms. The minimum atomic E-state index is -0.484. The van der Waals surface area contributed by atoms with Gasteiger partial charge in [0.15, 0.2) is 0 Å². The normalized spacial score (nSPS) is 10.7. The molecule has 2 N–H and O–H groups in total. The van der Waals surface area contributed by atoms with Crippen LogP contribution in [0.2, 0.25) is 0 Å². The molecule has 1 amide bonds. The lowest BCUT2D eigenvalue weighted by Crippen LogP contribution is -2.15. The number of nitrogens with one attached hydrogen (secondary N) is 1. The molecule has 0 fully saturated rings. The van der Waals surface area contributed by atoms with Crippen LogP contribution in [0.5, 0.6) is 5.88 Å². The molecular formula is C23H20N5O2. The summed E-state index contributed by atoms with van der Waals surface area (Å²) in [6.07, 6.45) is 6.10. The van der Waals surface area contributed by atoms with Gasteiger partial charge in [0, 0.05) is 24.3 Å². The maximum Gasteiger partial charge on any atom is 0.262 e. The summed E-state index contributed by atoms with van der Waals surface area (Å²) in [5.41, 5.74) is 3.91. The maximum atomic E-state index is 12.8. The molecule has 4 rings (SSSR count). The molecule has 7 heteroatoms. The van der Waals surface area contributed by atoms with Crippen molar-refractivity contribution in [1.29, 1.82) is 0 Å². The smallest absolute Gasteiger partial charge is 0.262 e. The number of aryl methyl sites for hydroxylation is 1. The van der Waals surface area contributed by atoms with E-state index < -0.39 is 11.8 Å². The number of aromatic hydroxyl groups is 1. The molecule has 0 saturated heterocycles. The van der Waals surface area contributed by atoms with Crippen molar-refractivity contribution in [1.82, 2.24) is 19.7 Å². The van der Waals surface area contributed by atoms with Gasteiger partial charge < -0.3 is 10.4 Å². The first kappa shape index (κ1) is 19.3. The Morgan fingerprint density at radius 2 is 2.10 bits per heavy atom. The van der Waals surface area contributed by atoms with Crippen molar-refractivity contribution in [2.45, 2.75) is 19.8 Å². The average molecular weight is 398 g/mol. The largest absolute Gasteiger partial charge is 0.493 e. The maximum absolute atomic E-state index is 12.8. The Labute approximate surface area is 174 Å².